The Morgan fingerprint density at radius 3 is 2.24 bits per heavy atom. The molecule has 0 amide bonds. The van der Waals surface area contributed by atoms with Crippen LogP contribution in [0.5, 0.6) is 0 Å². The smallest absolute Gasteiger partial charge is 0.163 e. The Bertz CT molecular complexity index is 361. The lowest BCUT2D eigenvalue weighted by Crippen LogP contribution is -2.08. The van der Waals surface area contributed by atoms with Gasteiger partial charge in [-0.15, -0.1) is 0 Å². The zero-order chi connectivity index (χ0) is 12.1. The van der Waals surface area contributed by atoms with Gasteiger partial charge in [0, 0.05) is 12.0 Å². The van der Waals surface area contributed by atoms with E-state index >= 15 is 0 Å². The highest BCUT2D eigenvalue weighted by Crippen LogP contribution is 2.26. The molecule has 1 aromatic carbocycles. The standard InChI is InChI=1S/C15H19FO/c16-14-9-7-13(8-10-14)15(17)11-12-5-3-1-2-4-6-12/h7-10,12H,1-6,11H2. The van der Waals surface area contributed by atoms with Crippen LogP contribution in [0.25, 0.3) is 0 Å². The zero-order valence-corrected chi connectivity index (χ0v) is 10.1. The van der Waals surface area contributed by atoms with Crippen LogP contribution in [0, 0.1) is 11.7 Å². The first-order valence-electron chi connectivity index (χ1n) is 6.54. The largest absolute Gasteiger partial charge is 0.294 e. The fourth-order valence-corrected chi connectivity index (χ4v) is 2.58. The summed E-state index contributed by atoms with van der Waals surface area (Å²) in [5, 5.41) is 0. The molecule has 2 heteroatoms. The topological polar surface area (TPSA) is 17.1 Å². The summed E-state index contributed by atoms with van der Waals surface area (Å²) in [6, 6.07) is 5.91. The number of rotatable bonds is 3. The summed E-state index contributed by atoms with van der Waals surface area (Å²) in [5.41, 5.74) is 0.649. The molecule has 1 nitrogen and oxygen atoms in total. The molecule has 0 saturated heterocycles. The molecule has 1 aromatic rings. The van der Waals surface area contributed by atoms with Gasteiger partial charge in [-0.1, -0.05) is 38.5 Å². The van der Waals surface area contributed by atoms with Gasteiger partial charge in [0.15, 0.2) is 5.78 Å². The Morgan fingerprint density at radius 1 is 1.06 bits per heavy atom. The van der Waals surface area contributed by atoms with Gasteiger partial charge in [-0.05, 0) is 30.2 Å². The second kappa shape index (κ2) is 5.95. The number of benzene rings is 1. The summed E-state index contributed by atoms with van der Waals surface area (Å²) in [6.07, 6.45) is 8.09. The summed E-state index contributed by atoms with van der Waals surface area (Å²) in [5.74, 6) is 0.419. The number of hydrogen-bond donors (Lipinski definition) is 0. The molecule has 1 saturated carbocycles. The van der Waals surface area contributed by atoms with Crippen molar-refractivity contribution >= 4 is 5.78 Å². The maximum absolute atomic E-state index is 12.8. The lowest BCUT2D eigenvalue weighted by Gasteiger charge is -2.12. The molecule has 0 bridgehead atoms. The molecular weight excluding hydrogens is 215 g/mol. The number of Topliss-reactive ketones (excluding diaryl/α,β-unsaturated/α-hetero) is 1. The molecule has 2 rings (SSSR count). The lowest BCUT2D eigenvalue weighted by atomic mass is 9.92. The van der Waals surface area contributed by atoms with Crippen molar-refractivity contribution in [2.45, 2.75) is 44.9 Å². The molecule has 1 fully saturated rings. The average molecular weight is 234 g/mol. The van der Waals surface area contributed by atoms with E-state index in [1.54, 1.807) is 12.1 Å². The highest BCUT2D eigenvalue weighted by molar-refractivity contribution is 5.96. The lowest BCUT2D eigenvalue weighted by molar-refractivity contribution is 0.0957. The summed E-state index contributed by atoms with van der Waals surface area (Å²) in [7, 11) is 0. The molecule has 0 heterocycles. The monoisotopic (exact) mass is 234 g/mol. The van der Waals surface area contributed by atoms with Gasteiger partial charge in [-0.2, -0.15) is 0 Å². The summed E-state index contributed by atoms with van der Waals surface area (Å²) < 4.78 is 12.8. The van der Waals surface area contributed by atoms with Crippen molar-refractivity contribution in [3.05, 3.63) is 35.6 Å². The molecule has 0 spiro atoms. The van der Waals surface area contributed by atoms with Gasteiger partial charge in [-0.25, -0.2) is 4.39 Å². The predicted molar refractivity (Wildman–Crippen MR) is 66.5 cm³/mol. The third kappa shape index (κ3) is 3.65. The molecule has 0 unspecified atom stereocenters. The maximum atomic E-state index is 12.8. The number of halogens is 1. The summed E-state index contributed by atoms with van der Waals surface area (Å²) >= 11 is 0. The molecule has 1 aliphatic rings. The minimum Gasteiger partial charge on any atom is -0.294 e. The maximum Gasteiger partial charge on any atom is 0.163 e. The minimum absolute atomic E-state index is 0.164. The second-order valence-electron chi connectivity index (χ2n) is 4.99. The van der Waals surface area contributed by atoms with Crippen LogP contribution in [-0.4, -0.2) is 5.78 Å². The third-order valence-electron chi connectivity index (χ3n) is 3.62. The Hall–Kier alpha value is -1.18. The zero-order valence-electron chi connectivity index (χ0n) is 10.1. The Morgan fingerprint density at radius 2 is 1.65 bits per heavy atom. The van der Waals surface area contributed by atoms with Crippen molar-refractivity contribution in [1.82, 2.24) is 0 Å². The Balaban J connectivity index is 1.93. The van der Waals surface area contributed by atoms with Crippen molar-refractivity contribution in [2.75, 3.05) is 0 Å². The van der Waals surface area contributed by atoms with Crippen LogP contribution in [0.1, 0.15) is 55.3 Å². The van der Waals surface area contributed by atoms with Gasteiger partial charge >= 0.3 is 0 Å². The van der Waals surface area contributed by atoms with Crippen molar-refractivity contribution in [3.8, 4) is 0 Å². The van der Waals surface area contributed by atoms with E-state index in [2.05, 4.69) is 0 Å². The highest BCUT2D eigenvalue weighted by atomic mass is 19.1. The Kier molecular flexibility index (Phi) is 4.29. The average Bonchev–Trinajstić information content (AvgIpc) is 2.58. The SMILES string of the molecule is O=C(CC1CCCCCC1)c1ccc(F)cc1. The van der Waals surface area contributed by atoms with Crippen molar-refractivity contribution < 1.29 is 9.18 Å². The van der Waals surface area contributed by atoms with E-state index in [-0.39, 0.29) is 11.6 Å². The van der Waals surface area contributed by atoms with E-state index in [0.717, 1.165) is 0 Å². The van der Waals surface area contributed by atoms with Crippen molar-refractivity contribution in [1.29, 1.82) is 0 Å². The van der Waals surface area contributed by atoms with E-state index in [9.17, 15) is 9.18 Å². The molecule has 0 atom stereocenters. The second-order valence-corrected chi connectivity index (χ2v) is 4.99. The van der Waals surface area contributed by atoms with E-state index in [0.29, 0.717) is 17.9 Å². The molecular formula is C15H19FO. The van der Waals surface area contributed by atoms with Crippen LogP contribution in [0.4, 0.5) is 4.39 Å². The highest BCUT2D eigenvalue weighted by Gasteiger charge is 2.16. The number of carbonyl (C=O) groups excluding carboxylic acids is 1. The van der Waals surface area contributed by atoms with Gasteiger partial charge in [0.25, 0.3) is 0 Å². The third-order valence-corrected chi connectivity index (χ3v) is 3.62. The van der Waals surface area contributed by atoms with Crippen LogP contribution < -0.4 is 0 Å². The molecule has 0 radical (unpaired) electrons. The van der Waals surface area contributed by atoms with E-state index in [1.807, 2.05) is 0 Å². The summed E-state index contributed by atoms with van der Waals surface area (Å²) in [6.45, 7) is 0. The van der Waals surface area contributed by atoms with Crippen LogP contribution in [-0.2, 0) is 0 Å². The van der Waals surface area contributed by atoms with Gasteiger partial charge in [0.1, 0.15) is 5.82 Å². The van der Waals surface area contributed by atoms with Gasteiger partial charge < -0.3 is 0 Å². The van der Waals surface area contributed by atoms with Crippen LogP contribution in [0.2, 0.25) is 0 Å². The minimum atomic E-state index is -0.281. The predicted octanol–water partition coefficient (Wildman–Crippen LogP) is 4.37. The number of hydrogen-bond acceptors (Lipinski definition) is 1. The fraction of sp³-hybridized carbons (Fsp3) is 0.533. The molecule has 0 aliphatic heterocycles. The first kappa shape index (κ1) is 12.3. The van der Waals surface area contributed by atoms with Crippen molar-refractivity contribution in [3.63, 3.8) is 0 Å². The fourth-order valence-electron chi connectivity index (χ4n) is 2.58. The molecule has 92 valence electrons. The van der Waals surface area contributed by atoms with E-state index in [1.165, 1.54) is 50.7 Å². The molecule has 1 aliphatic carbocycles. The quantitative estimate of drug-likeness (QED) is 0.560. The normalized spacial score (nSPS) is 17.7. The first-order valence-corrected chi connectivity index (χ1v) is 6.54. The van der Waals surface area contributed by atoms with Gasteiger partial charge in [0.05, 0.1) is 0 Å². The van der Waals surface area contributed by atoms with E-state index < -0.39 is 0 Å². The van der Waals surface area contributed by atoms with Crippen molar-refractivity contribution in [2.24, 2.45) is 5.92 Å². The van der Waals surface area contributed by atoms with Crippen LogP contribution in [0.3, 0.4) is 0 Å². The molecule has 17 heavy (non-hydrogen) atoms. The first-order chi connectivity index (χ1) is 8.25. The molecule has 0 N–H and O–H groups in total. The Labute approximate surface area is 102 Å². The van der Waals surface area contributed by atoms with E-state index in [4.69, 9.17) is 0 Å². The summed E-state index contributed by atoms with van der Waals surface area (Å²) in [4.78, 5) is 12.0. The molecule has 0 aromatic heterocycles. The van der Waals surface area contributed by atoms with Gasteiger partial charge in [-0.3, -0.25) is 4.79 Å². The number of ketones is 1. The van der Waals surface area contributed by atoms with Crippen LogP contribution >= 0.6 is 0 Å². The number of carbonyl (C=O) groups is 1. The van der Waals surface area contributed by atoms with Crippen LogP contribution in [0.15, 0.2) is 24.3 Å². The van der Waals surface area contributed by atoms with Gasteiger partial charge in [0.2, 0.25) is 0 Å².